The van der Waals surface area contributed by atoms with Gasteiger partial charge in [0.15, 0.2) is 28.4 Å². The number of rotatable bonds is 8. The first-order chi connectivity index (χ1) is 18.8. The molecule has 1 aromatic heterocycles. The number of ether oxygens (including phenoxy) is 4. The van der Waals surface area contributed by atoms with Crippen LogP contribution in [0.2, 0.25) is 0 Å². The Bertz CT molecular complexity index is 1640. The molecule has 0 radical (unpaired) electrons. The highest BCUT2D eigenvalue weighted by atomic mass is 16.5. The molecule has 1 aliphatic rings. The molecule has 1 amide bonds. The molecule has 0 saturated heterocycles. The molecule has 8 heteroatoms. The Hall–Kier alpha value is -4.46. The van der Waals surface area contributed by atoms with Crippen LogP contribution < -0.4 is 24.4 Å². The average Bonchev–Trinajstić information content (AvgIpc) is 3.23. The predicted octanol–water partition coefficient (Wildman–Crippen LogP) is 5.23. The Labute approximate surface area is 226 Å². The van der Waals surface area contributed by atoms with E-state index in [-0.39, 0.29) is 17.1 Å². The first kappa shape index (κ1) is 26.2. The van der Waals surface area contributed by atoms with Crippen molar-refractivity contribution >= 4 is 16.9 Å². The fourth-order valence-corrected chi connectivity index (χ4v) is 5.16. The van der Waals surface area contributed by atoms with Crippen molar-refractivity contribution in [2.45, 2.75) is 26.3 Å². The van der Waals surface area contributed by atoms with Gasteiger partial charge >= 0.3 is 0 Å². The van der Waals surface area contributed by atoms with Crippen LogP contribution in [-0.4, -0.2) is 45.8 Å². The number of hydrogen-bond donors (Lipinski definition) is 0. The van der Waals surface area contributed by atoms with Gasteiger partial charge in [-0.25, -0.2) is 0 Å². The SMILES string of the molecule is COc1ccc(CCN2C(=O)c3oc4cc(C)c(C)cc4c(=O)c3C2c2ccc(OC)c(OC)c2)cc1OC. The summed E-state index contributed by atoms with van der Waals surface area (Å²) in [5.74, 6) is 2.04. The minimum Gasteiger partial charge on any atom is -0.493 e. The summed E-state index contributed by atoms with van der Waals surface area (Å²) in [4.78, 5) is 29.5. The molecule has 1 aliphatic heterocycles. The van der Waals surface area contributed by atoms with Crippen LogP contribution in [0.3, 0.4) is 0 Å². The molecular formula is C31H31NO7. The molecule has 3 aromatic carbocycles. The van der Waals surface area contributed by atoms with E-state index in [2.05, 4.69) is 0 Å². The third-order valence-corrected chi connectivity index (χ3v) is 7.39. The third kappa shape index (κ3) is 4.46. The number of aryl methyl sites for hydroxylation is 2. The second-order valence-corrected chi connectivity index (χ2v) is 9.56. The quantitative estimate of drug-likeness (QED) is 0.309. The maximum Gasteiger partial charge on any atom is 0.290 e. The van der Waals surface area contributed by atoms with E-state index in [1.807, 2.05) is 50.2 Å². The van der Waals surface area contributed by atoms with Crippen LogP contribution in [0.25, 0.3) is 11.0 Å². The Kier molecular flexibility index (Phi) is 6.95. The summed E-state index contributed by atoms with van der Waals surface area (Å²) >= 11 is 0. The number of benzene rings is 3. The molecule has 0 spiro atoms. The zero-order valence-corrected chi connectivity index (χ0v) is 22.9. The van der Waals surface area contributed by atoms with Gasteiger partial charge in [0.2, 0.25) is 5.76 Å². The molecule has 202 valence electrons. The van der Waals surface area contributed by atoms with Crippen molar-refractivity contribution in [3.8, 4) is 23.0 Å². The van der Waals surface area contributed by atoms with Gasteiger partial charge in [-0.3, -0.25) is 9.59 Å². The lowest BCUT2D eigenvalue weighted by Gasteiger charge is -2.26. The Morgan fingerprint density at radius 1 is 0.769 bits per heavy atom. The molecule has 0 N–H and O–H groups in total. The lowest BCUT2D eigenvalue weighted by molar-refractivity contribution is 0.0730. The number of amides is 1. The molecule has 0 fully saturated rings. The molecule has 39 heavy (non-hydrogen) atoms. The van der Waals surface area contributed by atoms with E-state index < -0.39 is 6.04 Å². The van der Waals surface area contributed by atoms with Gasteiger partial charge in [0.25, 0.3) is 5.91 Å². The van der Waals surface area contributed by atoms with Crippen molar-refractivity contribution in [3.63, 3.8) is 0 Å². The minimum atomic E-state index is -0.658. The topological polar surface area (TPSA) is 87.4 Å². The van der Waals surface area contributed by atoms with E-state index >= 15 is 0 Å². The lowest BCUT2D eigenvalue weighted by atomic mass is 9.97. The van der Waals surface area contributed by atoms with Gasteiger partial charge in [-0.1, -0.05) is 12.1 Å². The third-order valence-electron chi connectivity index (χ3n) is 7.39. The standard InChI is InChI=1S/C31H31NO7/c1-17-13-21-24(14-18(17)2)39-30-27(29(21)33)28(20-8-10-23(36-4)26(16-20)38-6)32(31(30)34)12-11-19-7-9-22(35-3)25(15-19)37-5/h7-10,13-16,28H,11-12H2,1-6H3. The highest BCUT2D eigenvalue weighted by molar-refractivity contribution is 5.99. The van der Waals surface area contributed by atoms with Gasteiger partial charge in [-0.2, -0.15) is 0 Å². The lowest BCUT2D eigenvalue weighted by Crippen LogP contribution is -2.31. The molecule has 0 bridgehead atoms. The van der Waals surface area contributed by atoms with E-state index in [4.69, 9.17) is 23.4 Å². The van der Waals surface area contributed by atoms with Crippen LogP contribution >= 0.6 is 0 Å². The predicted molar refractivity (Wildman–Crippen MR) is 148 cm³/mol. The van der Waals surface area contributed by atoms with Gasteiger partial charge < -0.3 is 28.3 Å². The number of methoxy groups -OCH3 is 4. The van der Waals surface area contributed by atoms with E-state index in [0.29, 0.717) is 52.5 Å². The summed E-state index contributed by atoms with van der Waals surface area (Å²) in [6.45, 7) is 4.24. The van der Waals surface area contributed by atoms with E-state index in [1.54, 1.807) is 45.5 Å². The van der Waals surface area contributed by atoms with Gasteiger partial charge in [0.05, 0.1) is 45.4 Å². The summed E-state index contributed by atoms with van der Waals surface area (Å²) in [6.07, 6.45) is 0.524. The maximum absolute atomic E-state index is 13.9. The van der Waals surface area contributed by atoms with Crippen molar-refractivity contribution in [1.82, 2.24) is 4.90 Å². The summed E-state index contributed by atoms with van der Waals surface area (Å²) in [6, 6.07) is 14.1. The highest BCUT2D eigenvalue weighted by Gasteiger charge is 2.42. The zero-order valence-electron chi connectivity index (χ0n) is 22.9. The van der Waals surface area contributed by atoms with Gasteiger partial charge in [0.1, 0.15) is 5.58 Å². The zero-order chi connectivity index (χ0) is 27.8. The van der Waals surface area contributed by atoms with Crippen LogP contribution in [0, 0.1) is 13.8 Å². The first-order valence-corrected chi connectivity index (χ1v) is 12.6. The summed E-state index contributed by atoms with van der Waals surface area (Å²) in [5, 5.41) is 0.455. The molecule has 2 heterocycles. The van der Waals surface area contributed by atoms with Crippen molar-refractivity contribution in [1.29, 1.82) is 0 Å². The summed E-state index contributed by atoms with van der Waals surface area (Å²) in [5.41, 5.74) is 4.17. The average molecular weight is 530 g/mol. The number of carbonyl (C=O) groups excluding carboxylic acids is 1. The highest BCUT2D eigenvalue weighted by Crippen LogP contribution is 2.41. The normalized spacial score (nSPS) is 14.5. The van der Waals surface area contributed by atoms with Crippen LogP contribution in [0.15, 0.2) is 57.7 Å². The first-order valence-electron chi connectivity index (χ1n) is 12.6. The molecule has 4 aromatic rings. The molecule has 0 aliphatic carbocycles. The monoisotopic (exact) mass is 529 g/mol. The summed E-state index contributed by atoms with van der Waals surface area (Å²) < 4.78 is 27.9. The number of fused-ring (bicyclic) bond motifs is 2. The maximum atomic E-state index is 13.9. The van der Waals surface area contributed by atoms with Crippen LogP contribution in [0.4, 0.5) is 0 Å². The molecule has 8 nitrogen and oxygen atoms in total. The smallest absolute Gasteiger partial charge is 0.290 e. The van der Waals surface area contributed by atoms with Crippen LogP contribution in [-0.2, 0) is 6.42 Å². The largest absolute Gasteiger partial charge is 0.493 e. The van der Waals surface area contributed by atoms with Crippen molar-refractivity contribution in [2.24, 2.45) is 0 Å². The number of nitrogens with zero attached hydrogens (tertiary/aromatic N) is 1. The molecule has 0 saturated carbocycles. The number of carbonyl (C=O) groups is 1. The van der Waals surface area contributed by atoms with Gasteiger partial charge in [-0.15, -0.1) is 0 Å². The molecule has 1 atom stereocenters. The molecular weight excluding hydrogens is 498 g/mol. The van der Waals surface area contributed by atoms with E-state index in [0.717, 1.165) is 22.3 Å². The fourth-order valence-electron chi connectivity index (χ4n) is 5.16. The van der Waals surface area contributed by atoms with Crippen LogP contribution in [0.1, 0.15) is 44.4 Å². The molecule has 1 unspecified atom stereocenters. The Balaban J connectivity index is 1.63. The van der Waals surface area contributed by atoms with E-state index in [1.165, 1.54) is 0 Å². The fraction of sp³-hybridized carbons (Fsp3) is 0.290. The second kappa shape index (κ2) is 10.4. The minimum absolute atomic E-state index is 0.0721. The van der Waals surface area contributed by atoms with E-state index in [9.17, 15) is 9.59 Å². The van der Waals surface area contributed by atoms with Crippen molar-refractivity contribution in [2.75, 3.05) is 35.0 Å². The Morgan fingerprint density at radius 3 is 2.05 bits per heavy atom. The Morgan fingerprint density at radius 2 is 1.38 bits per heavy atom. The second-order valence-electron chi connectivity index (χ2n) is 9.56. The van der Waals surface area contributed by atoms with Gasteiger partial charge in [-0.05, 0) is 78.9 Å². The molecule has 5 rings (SSSR count). The van der Waals surface area contributed by atoms with Crippen molar-refractivity contribution < 1.29 is 28.2 Å². The van der Waals surface area contributed by atoms with Crippen molar-refractivity contribution in [3.05, 3.63) is 92.3 Å². The number of hydrogen-bond acceptors (Lipinski definition) is 7. The van der Waals surface area contributed by atoms with Gasteiger partial charge in [0, 0.05) is 6.54 Å². The van der Waals surface area contributed by atoms with Crippen LogP contribution in [0.5, 0.6) is 23.0 Å². The summed E-state index contributed by atoms with van der Waals surface area (Å²) in [7, 11) is 6.28.